The van der Waals surface area contributed by atoms with Crippen LogP contribution < -0.4 is 0 Å². The minimum absolute atomic E-state index is 0.539. The van der Waals surface area contributed by atoms with Gasteiger partial charge in [0.25, 0.3) is 0 Å². The summed E-state index contributed by atoms with van der Waals surface area (Å²) in [5.74, 6) is 0.587. The van der Waals surface area contributed by atoms with Gasteiger partial charge < -0.3 is 0 Å². The standard InChI is InChI=1S/C8H10Br2S/c1-5(6(2)9)8-7(10)3-4-11-8/h3-6H,1-2H3. The maximum Gasteiger partial charge on any atom is 0.0317 e. The molecule has 0 saturated carbocycles. The zero-order chi connectivity index (χ0) is 8.43. The molecule has 0 aliphatic heterocycles. The highest BCUT2D eigenvalue weighted by atomic mass is 79.9. The third kappa shape index (κ3) is 2.30. The van der Waals surface area contributed by atoms with Gasteiger partial charge in [-0.25, -0.2) is 0 Å². The number of halogens is 2. The fourth-order valence-electron chi connectivity index (χ4n) is 0.839. The van der Waals surface area contributed by atoms with Crippen molar-refractivity contribution < 1.29 is 0 Å². The summed E-state index contributed by atoms with van der Waals surface area (Å²) in [6.07, 6.45) is 0. The lowest BCUT2D eigenvalue weighted by Crippen LogP contribution is -2.02. The summed E-state index contributed by atoms with van der Waals surface area (Å²) < 4.78 is 1.24. The molecule has 1 heterocycles. The van der Waals surface area contributed by atoms with Crippen molar-refractivity contribution in [3.05, 3.63) is 20.8 Å². The Kier molecular flexibility index (Phi) is 3.59. The van der Waals surface area contributed by atoms with Gasteiger partial charge >= 0.3 is 0 Å². The Hall–Kier alpha value is 0.660. The Morgan fingerprint density at radius 1 is 1.45 bits per heavy atom. The summed E-state index contributed by atoms with van der Waals surface area (Å²) in [7, 11) is 0. The average Bonchev–Trinajstić information content (AvgIpc) is 2.33. The maximum absolute atomic E-state index is 3.58. The minimum atomic E-state index is 0.539. The van der Waals surface area contributed by atoms with E-state index in [1.807, 2.05) is 11.3 Å². The Morgan fingerprint density at radius 3 is 2.45 bits per heavy atom. The van der Waals surface area contributed by atoms with E-state index in [2.05, 4.69) is 57.2 Å². The average molecular weight is 298 g/mol. The first-order valence-electron chi connectivity index (χ1n) is 3.50. The lowest BCUT2D eigenvalue weighted by atomic mass is 10.1. The van der Waals surface area contributed by atoms with Crippen molar-refractivity contribution >= 4 is 43.2 Å². The van der Waals surface area contributed by atoms with Crippen molar-refractivity contribution in [1.82, 2.24) is 0 Å². The van der Waals surface area contributed by atoms with E-state index in [4.69, 9.17) is 0 Å². The molecule has 0 radical (unpaired) electrons. The van der Waals surface area contributed by atoms with Crippen molar-refractivity contribution in [3.8, 4) is 0 Å². The largest absolute Gasteiger partial charge is 0.147 e. The van der Waals surface area contributed by atoms with E-state index in [-0.39, 0.29) is 0 Å². The Labute approximate surface area is 88.3 Å². The van der Waals surface area contributed by atoms with Crippen LogP contribution in [0.4, 0.5) is 0 Å². The highest BCUT2D eigenvalue weighted by Gasteiger charge is 2.14. The SMILES string of the molecule is CC(Br)C(C)c1sccc1Br. The molecule has 62 valence electrons. The smallest absolute Gasteiger partial charge is 0.0317 e. The summed E-state index contributed by atoms with van der Waals surface area (Å²) in [6, 6.07) is 2.10. The van der Waals surface area contributed by atoms with Gasteiger partial charge in [-0.1, -0.05) is 29.8 Å². The molecule has 0 fully saturated rings. The van der Waals surface area contributed by atoms with E-state index < -0.39 is 0 Å². The summed E-state index contributed by atoms with van der Waals surface area (Å²) >= 11 is 8.91. The van der Waals surface area contributed by atoms with Gasteiger partial charge in [0.05, 0.1) is 0 Å². The van der Waals surface area contributed by atoms with Crippen LogP contribution in [0.2, 0.25) is 0 Å². The molecule has 0 aliphatic rings. The molecule has 0 aromatic carbocycles. The maximum atomic E-state index is 3.58. The van der Waals surface area contributed by atoms with Gasteiger partial charge in [-0.15, -0.1) is 11.3 Å². The highest BCUT2D eigenvalue weighted by Crippen LogP contribution is 2.34. The van der Waals surface area contributed by atoms with Crippen LogP contribution in [0.1, 0.15) is 24.6 Å². The fraction of sp³-hybridized carbons (Fsp3) is 0.500. The number of thiophene rings is 1. The first-order chi connectivity index (χ1) is 5.13. The topological polar surface area (TPSA) is 0 Å². The molecule has 0 bridgehead atoms. The second-order valence-electron chi connectivity index (χ2n) is 2.60. The van der Waals surface area contributed by atoms with Gasteiger partial charge in [0.1, 0.15) is 0 Å². The van der Waals surface area contributed by atoms with Crippen molar-refractivity contribution in [2.45, 2.75) is 24.6 Å². The van der Waals surface area contributed by atoms with Crippen molar-refractivity contribution in [2.75, 3.05) is 0 Å². The zero-order valence-corrected chi connectivity index (χ0v) is 10.5. The molecule has 2 atom stereocenters. The van der Waals surface area contributed by atoms with E-state index >= 15 is 0 Å². The molecule has 0 nitrogen and oxygen atoms in total. The molecular weight excluding hydrogens is 288 g/mol. The van der Waals surface area contributed by atoms with E-state index in [9.17, 15) is 0 Å². The second-order valence-corrected chi connectivity index (χ2v) is 5.85. The molecule has 1 aromatic heterocycles. The molecule has 1 rings (SSSR count). The van der Waals surface area contributed by atoms with E-state index in [1.54, 1.807) is 0 Å². The van der Waals surface area contributed by atoms with E-state index in [0.29, 0.717) is 10.7 Å². The lowest BCUT2D eigenvalue weighted by molar-refractivity contribution is 0.774. The van der Waals surface area contributed by atoms with Crippen LogP contribution in [0.5, 0.6) is 0 Å². The Balaban J connectivity index is 2.84. The molecule has 0 aliphatic carbocycles. The monoisotopic (exact) mass is 296 g/mol. The number of rotatable bonds is 2. The third-order valence-electron chi connectivity index (χ3n) is 1.75. The predicted octanol–water partition coefficient (Wildman–Crippen LogP) is 4.40. The molecule has 0 saturated heterocycles. The first kappa shape index (κ1) is 9.75. The molecule has 0 N–H and O–H groups in total. The Morgan fingerprint density at radius 2 is 2.09 bits per heavy atom. The molecule has 0 spiro atoms. The van der Waals surface area contributed by atoms with Crippen LogP contribution in [0.25, 0.3) is 0 Å². The van der Waals surface area contributed by atoms with Crippen LogP contribution in [-0.4, -0.2) is 4.83 Å². The van der Waals surface area contributed by atoms with E-state index in [0.717, 1.165) is 0 Å². The van der Waals surface area contributed by atoms with Crippen molar-refractivity contribution in [1.29, 1.82) is 0 Å². The molecule has 0 amide bonds. The van der Waals surface area contributed by atoms with Crippen molar-refractivity contribution in [3.63, 3.8) is 0 Å². The van der Waals surface area contributed by atoms with E-state index in [1.165, 1.54) is 9.35 Å². The molecule has 2 unspecified atom stereocenters. The number of hydrogen-bond donors (Lipinski definition) is 0. The summed E-state index contributed by atoms with van der Waals surface area (Å²) in [5.41, 5.74) is 0. The number of hydrogen-bond acceptors (Lipinski definition) is 1. The number of alkyl halides is 1. The van der Waals surface area contributed by atoms with Crippen molar-refractivity contribution in [2.24, 2.45) is 0 Å². The molecular formula is C8H10Br2S. The van der Waals surface area contributed by atoms with Gasteiger partial charge in [0, 0.05) is 20.1 Å². The summed E-state index contributed by atoms with van der Waals surface area (Å²) in [5, 5.41) is 2.12. The normalized spacial score (nSPS) is 16.4. The van der Waals surface area contributed by atoms with Gasteiger partial charge in [0.15, 0.2) is 0 Å². The van der Waals surface area contributed by atoms with Gasteiger partial charge in [-0.05, 0) is 27.4 Å². The minimum Gasteiger partial charge on any atom is -0.147 e. The summed E-state index contributed by atoms with van der Waals surface area (Å²) in [4.78, 5) is 1.96. The molecule has 1 aromatic rings. The van der Waals surface area contributed by atoms with Gasteiger partial charge in [0.2, 0.25) is 0 Å². The predicted molar refractivity (Wildman–Crippen MR) is 58.8 cm³/mol. The molecule has 11 heavy (non-hydrogen) atoms. The Bertz CT molecular complexity index is 230. The van der Waals surface area contributed by atoms with Gasteiger partial charge in [-0.2, -0.15) is 0 Å². The van der Waals surface area contributed by atoms with Crippen LogP contribution in [0.15, 0.2) is 15.9 Å². The third-order valence-corrected chi connectivity index (χ3v) is 4.61. The highest BCUT2D eigenvalue weighted by molar-refractivity contribution is 9.10. The van der Waals surface area contributed by atoms with Crippen LogP contribution in [0.3, 0.4) is 0 Å². The zero-order valence-electron chi connectivity index (χ0n) is 6.47. The summed E-state index contributed by atoms with van der Waals surface area (Å²) in [6.45, 7) is 4.41. The van der Waals surface area contributed by atoms with Crippen LogP contribution in [-0.2, 0) is 0 Å². The quantitative estimate of drug-likeness (QED) is 0.710. The van der Waals surface area contributed by atoms with Crippen LogP contribution >= 0.6 is 43.2 Å². The van der Waals surface area contributed by atoms with Crippen LogP contribution in [0, 0.1) is 0 Å². The molecule has 3 heteroatoms. The first-order valence-corrected chi connectivity index (χ1v) is 6.08. The second kappa shape index (κ2) is 4.06. The lowest BCUT2D eigenvalue weighted by Gasteiger charge is -2.12. The van der Waals surface area contributed by atoms with Gasteiger partial charge in [-0.3, -0.25) is 0 Å². The fourth-order valence-corrected chi connectivity index (χ4v) is 3.18.